The van der Waals surface area contributed by atoms with Crippen LogP contribution in [0.4, 0.5) is 0 Å². The summed E-state index contributed by atoms with van der Waals surface area (Å²) in [7, 11) is -3.40. The molecule has 0 spiro atoms. The highest BCUT2D eigenvalue weighted by Gasteiger charge is 2.31. The average Bonchev–Trinajstić information content (AvgIpc) is 2.88. The van der Waals surface area contributed by atoms with E-state index in [1.165, 1.54) is 19.1 Å². The topological polar surface area (TPSA) is 54.5 Å². The monoisotopic (exact) mass is 281 g/mol. The number of hydrogen-bond acceptors (Lipinski definition) is 3. The largest absolute Gasteiger partial charge is 0.295 e. The van der Waals surface area contributed by atoms with Gasteiger partial charge in [0.1, 0.15) is 0 Å². The molecule has 1 unspecified atom stereocenters. The molecule has 1 aliphatic rings. The molecule has 1 aliphatic heterocycles. The molecule has 1 aromatic rings. The van der Waals surface area contributed by atoms with Gasteiger partial charge in [0.05, 0.1) is 4.90 Å². The molecule has 1 atom stereocenters. The standard InChI is InChI=1S/C14H19NO3S/c1-3-12-8-9-15(10-12)19(17,18)14-6-4-13(5-7-14)11(2)16/h4-7,12H,3,8-10H2,1-2H3. The second-order valence-electron chi connectivity index (χ2n) is 5.01. The normalized spacial score (nSPS) is 20.6. The van der Waals surface area contributed by atoms with Crippen LogP contribution in [0.5, 0.6) is 0 Å². The fourth-order valence-corrected chi connectivity index (χ4v) is 3.89. The van der Waals surface area contributed by atoms with Gasteiger partial charge in [0.25, 0.3) is 0 Å². The Morgan fingerprint density at radius 3 is 2.42 bits per heavy atom. The van der Waals surface area contributed by atoms with Crippen molar-refractivity contribution in [3.05, 3.63) is 29.8 Å². The molecule has 1 heterocycles. The predicted molar refractivity (Wildman–Crippen MR) is 73.6 cm³/mol. The lowest BCUT2D eigenvalue weighted by Crippen LogP contribution is -2.28. The lowest BCUT2D eigenvalue weighted by molar-refractivity contribution is 0.101. The summed E-state index contributed by atoms with van der Waals surface area (Å²) in [5.74, 6) is 0.405. The van der Waals surface area contributed by atoms with E-state index in [9.17, 15) is 13.2 Å². The molecule has 19 heavy (non-hydrogen) atoms. The van der Waals surface area contributed by atoms with E-state index in [1.807, 2.05) is 0 Å². The molecule has 0 aromatic heterocycles. The minimum atomic E-state index is -3.40. The van der Waals surface area contributed by atoms with E-state index in [1.54, 1.807) is 16.4 Å². The number of sulfonamides is 1. The number of carbonyl (C=O) groups is 1. The summed E-state index contributed by atoms with van der Waals surface area (Å²) < 4.78 is 26.4. The van der Waals surface area contributed by atoms with Crippen molar-refractivity contribution >= 4 is 15.8 Å². The van der Waals surface area contributed by atoms with Gasteiger partial charge in [0.15, 0.2) is 5.78 Å². The van der Waals surface area contributed by atoms with Crippen LogP contribution in [0.3, 0.4) is 0 Å². The Balaban J connectivity index is 2.22. The zero-order chi connectivity index (χ0) is 14.0. The number of rotatable bonds is 4. The Morgan fingerprint density at radius 2 is 1.95 bits per heavy atom. The van der Waals surface area contributed by atoms with Crippen LogP contribution >= 0.6 is 0 Å². The molecular weight excluding hydrogens is 262 g/mol. The Morgan fingerprint density at radius 1 is 1.32 bits per heavy atom. The lowest BCUT2D eigenvalue weighted by Gasteiger charge is -2.16. The van der Waals surface area contributed by atoms with Crippen LogP contribution in [0.2, 0.25) is 0 Å². The first-order valence-electron chi connectivity index (χ1n) is 6.56. The Hall–Kier alpha value is -1.20. The molecule has 0 saturated carbocycles. The van der Waals surface area contributed by atoms with Crippen LogP contribution in [0.25, 0.3) is 0 Å². The highest BCUT2D eigenvalue weighted by molar-refractivity contribution is 7.89. The van der Waals surface area contributed by atoms with Crippen LogP contribution in [-0.2, 0) is 10.0 Å². The number of benzene rings is 1. The van der Waals surface area contributed by atoms with Gasteiger partial charge in [-0.05, 0) is 31.4 Å². The van der Waals surface area contributed by atoms with Crippen molar-refractivity contribution in [1.29, 1.82) is 0 Å². The molecular formula is C14H19NO3S. The molecule has 0 amide bonds. The molecule has 1 aromatic carbocycles. The average molecular weight is 281 g/mol. The summed E-state index contributed by atoms with van der Waals surface area (Å²) in [5.41, 5.74) is 0.534. The highest BCUT2D eigenvalue weighted by Crippen LogP contribution is 2.26. The first-order valence-corrected chi connectivity index (χ1v) is 8.00. The summed E-state index contributed by atoms with van der Waals surface area (Å²) >= 11 is 0. The third kappa shape index (κ3) is 2.87. The third-order valence-corrected chi connectivity index (χ3v) is 5.60. The maximum Gasteiger partial charge on any atom is 0.243 e. The number of carbonyl (C=O) groups excluding carboxylic acids is 1. The first-order chi connectivity index (χ1) is 8.95. The van der Waals surface area contributed by atoms with Crippen molar-refractivity contribution in [3.63, 3.8) is 0 Å². The molecule has 104 valence electrons. The number of ketones is 1. The van der Waals surface area contributed by atoms with Crippen molar-refractivity contribution in [2.75, 3.05) is 13.1 Å². The number of nitrogens with zero attached hydrogens (tertiary/aromatic N) is 1. The van der Waals surface area contributed by atoms with Crippen LogP contribution in [0, 0.1) is 5.92 Å². The molecule has 0 bridgehead atoms. The summed E-state index contributed by atoms with van der Waals surface area (Å²) in [6, 6.07) is 6.18. The molecule has 0 aliphatic carbocycles. The highest BCUT2D eigenvalue weighted by atomic mass is 32.2. The van der Waals surface area contributed by atoms with E-state index in [4.69, 9.17) is 0 Å². The van der Waals surface area contributed by atoms with Gasteiger partial charge in [-0.3, -0.25) is 4.79 Å². The lowest BCUT2D eigenvalue weighted by atomic mass is 10.1. The first kappa shape index (κ1) is 14.2. The second kappa shape index (κ2) is 5.43. The number of hydrogen-bond donors (Lipinski definition) is 0. The minimum absolute atomic E-state index is 0.0591. The van der Waals surface area contributed by atoms with Crippen molar-refractivity contribution in [3.8, 4) is 0 Å². The van der Waals surface area contributed by atoms with Gasteiger partial charge >= 0.3 is 0 Å². The van der Waals surface area contributed by atoms with E-state index in [2.05, 4.69) is 6.92 Å². The van der Waals surface area contributed by atoms with E-state index >= 15 is 0 Å². The van der Waals surface area contributed by atoms with Gasteiger partial charge in [0.2, 0.25) is 10.0 Å². The fourth-order valence-electron chi connectivity index (χ4n) is 2.36. The molecule has 4 nitrogen and oxygen atoms in total. The quantitative estimate of drug-likeness (QED) is 0.796. The maximum atomic E-state index is 12.4. The van der Waals surface area contributed by atoms with Crippen molar-refractivity contribution in [2.45, 2.75) is 31.6 Å². The smallest absolute Gasteiger partial charge is 0.243 e. The minimum Gasteiger partial charge on any atom is -0.295 e. The summed E-state index contributed by atoms with van der Waals surface area (Å²) in [6.45, 7) is 4.75. The van der Waals surface area contributed by atoms with Gasteiger partial charge in [-0.15, -0.1) is 0 Å². The zero-order valence-electron chi connectivity index (χ0n) is 11.3. The van der Waals surface area contributed by atoms with Gasteiger partial charge in [-0.25, -0.2) is 8.42 Å². The van der Waals surface area contributed by atoms with Gasteiger partial charge < -0.3 is 0 Å². The molecule has 0 radical (unpaired) electrons. The van der Waals surface area contributed by atoms with Gasteiger partial charge in [-0.1, -0.05) is 25.5 Å². The van der Waals surface area contributed by atoms with E-state index < -0.39 is 10.0 Å². The zero-order valence-corrected chi connectivity index (χ0v) is 12.1. The number of Topliss-reactive ketones (excluding diaryl/α,β-unsaturated/α-hetero) is 1. The van der Waals surface area contributed by atoms with E-state index in [0.29, 0.717) is 24.6 Å². The summed E-state index contributed by atoms with van der Waals surface area (Å²) in [5, 5.41) is 0. The molecule has 2 rings (SSSR count). The second-order valence-corrected chi connectivity index (χ2v) is 6.94. The van der Waals surface area contributed by atoms with Gasteiger partial charge in [-0.2, -0.15) is 4.31 Å². The van der Waals surface area contributed by atoms with Crippen molar-refractivity contribution in [2.24, 2.45) is 5.92 Å². The fraction of sp³-hybridized carbons (Fsp3) is 0.500. The van der Waals surface area contributed by atoms with Gasteiger partial charge in [0, 0.05) is 18.7 Å². The van der Waals surface area contributed by atoms with E-state index in [0.717, 1.165) is 12.8 Å². The molecule has 1 fully saturated rings. The van der Waals surface area contributed by atoms with Crippen LogP contribution < -0.4 is 0 Å². The third-order valence-electron chi connectivity index (χ3n) is 3.72. The SMILES string of the molecule is CCC1CCN(S(=O)(=O)c2ccc(C(C)=O)cc2)C1. The maximum absolute atomic E-state index is 12.4. The Bertz CT molecular complexity index is 563. The molecule has 5 heteroatoms. The van der Waals surface area contributed by atoms with Crippen molar-refractivity contribution < 1.29 is 13.2 Å². The summed E-state index contributed by atoms with van der Waals surface area (Å²) in [6.07, 6.45) is 1.94. The molecule has 1 saturated heterocycles. The summed E-state index contributed by atoms with van der Waals surface area (Å²) in [4.78, 5) is 11.5. The predicted octanol–water partition coefficient (Wildman–Crippen LogP) is 2.31. The Kier molecular flexibility index (Phi) is 4.06. The van der Waals surface area contributed by atoms with Crippen LogP contribution in [0.1, 0.15) is 37.0 Å². The van der Waals surface area contributed by atoms with Crippen molar-refractivity contribution in [1.82, 2.24) is 4.31 Å². The molecule has 0 N–H and O–H groups in total. The van der Waals surface area contributed by atoms with Crippen LogP contribution in [0.15, 0.2) is 29.2 Å². The van der Waals surface area contributed by atoms with E-state index in [-0.39, 0.29) is 10.7 Å². The van der Waals surface area contributed by atoms with Crippen LogP contribution in [-0.4, -0.2) is 31.6 Å². The Labute approximate surface area is 114 Å².